The van der Waals surface area contributed by atoms with Gasteiger partial charge in [-0.15, -0.1) is 11.8 Å². The van der Waals surface area contributed by atoms with Gasteiger partial charge in [0, 0.05) is 18.1 Å². The van der Waals surface area contributed by atoms with Gasteiger partial charge in [-0.3, -0.25) is 9.78 Å². The lowest BCUT2D eigenvalue weighted by molar-refractivity contribution is -0.121. The van der Waals surface area contributed by atoms with Crippen molar-refractivity contribution in [2.45, 2.75) is 31.1 Å². The van der Waals surface area contributed by atoms with Gasteiger partial charge in [-0.2, -0.15) is 0 Å². The molecule has 4 nitrogen and oxygen atoms in total. The first-order valence-electron chi connectivity index (χ1n) is 6.52. The highest BCUT2D eigenvalue weighted by molar-refractivity contribution is 7.99. The molecule has 1 amide bonds. The zero-order chi connectivity index (χ0) is 13.7. The van der Waals surface area contributed by atoms with Crippen LogP contribution in [0.15, 0.2) is 24.5 Å². The van der Waals surface area contributed by atoms with Gasteiger partial charge in [0.1, 0.15) is 0 Å². The summed E-state index contributed by atoms with van der Waals surface area (Å²) in [5, 5.41) is 12.4. The summed E-state index contributed by atoms with van der Waals surface area (Å²) in [6, 6.07) is 3.89. The van der Waals surface area contributed by atoms with Crippen LogP contribution in [0.5, 0.6) is 0 Å². The smallest absolute Gasteiger partial charge is 0.230 e. The van der Waals surface area contributed by atoms with Crippen molar-refractivity contribution < 1.29 is 9.90 Å². The first-order chi connectivity index (χ1) is 9.14. The maximum atomic E-state index is 11.9. The van der Waals surface area contributed by atoms with E-state index in [1.165, 1.54) is 0 Å². The van der Waals surface area contributed by atoms with Crippen LogP contribution in [-0.2, 0) is 10.5 Å². The molecule has 5 heteroatoms. The van der Waals surface area contributed by atoms with E-state index >= 15 is 0 Å². The predicted octanol–water partition coefficient (Wildman–Crippen LogP) is 1.59. The molecule has 1 saturated carbocycles. The van der Waals surface area contributed by atoms with E-state index in [2.05, 4.69) is 10.3 Å². The van der Waals surface area contributed by atoms with Gasteiger partial charge >= 0.3 is 0 Å². The number of nitrogens with zero attached hydrogens (tertiary/aromatic N) is 1. The van der Waals surface area contributed by atoms with E-state index in [0.29, 0.717) is 11.7 Å². The molecular weight excluding hydrogens is 260 g/mol. The maximum absolute atomic E-state index is 11.9. The first-order valence-corrected chi connectivity index (χ1v) is 7.68. The molecule has 1 atom stereocenters. The van der Waals surface area contributed by atoms with Crippen LogP contribution in [0.25, 0.3) is 0 Å². The van der Waals surface area contributed by atoms with Crippen molar-refractivity contribution in [3.05, 3.63) is 30.1 Å². The van der Waals surface area contributed by atoms with Crippen molar-refractivity contribution in [2.75, 3.05) is 12.4 Å². The number of aromatic nitrogens is 1. The van der Waals surface area contributed by atoms with Crippen molar-refractivity contribution in [1.29, 1.82) is 0 Å². The molecule has 1 fully saturated rings. The summed E-state index contributed by atoms with van der Waals surface area (Å²) in [4.78, 5) is 15.9. The van der Waals surface area contributed by atoms with Crippen LogP contribution in [0.1, 0.15) is 25.3 Å². The SMILES string of the molecule is CC(CO)(NC(=O)CSCc1cccnc1)C1CC1. The third kappa shape index (κ3) is 4.21. The van der Waals surface area contributed by atoms with Gasteiger partial charge in [-0.1, -0.05) is 6.07 Å². The Bertz CT molecular complexity index is 423. The van der Waals surface area contributed by atoms with Crippen LogP contribution >= 0.6 is 11.8 Å². The number of carbonyl (C=O) groups excluding carboxylic acids is 1. The van der Waals surface area contributed by atoms with Gasteiger partial charge in [0.15, 0.2) is 0 Å². The van der Waals surface area contributed by atoms with Gasteiger partial charge < -0.3 is 10.4 Å². The summed E-state index contributed by atoms with van der Waals surface area (Å²) < 4.78 is 0. The molecule has 0 saturated heterocycles. The number of carbonyl (C=O) groups is 1. The molecule has 0 aliphatic heterocycles. The largest absolute Gasteiger partial charge is 0.394 e. The first kappa shape index (κ1) is 14.3. The van der Waals surface area contributed by atoms with Gasteiger partial charge in [0.2, 0.25) is 5.91 Å². The number of aliphatic hydroxyl groups is 1. The van der Waals surface area contributed by atoms with E-state index in [9.17, 15) is 9.90 Å². The van der Waals surface area contributed by atoms with Gasteiger partial charge in [-0.25, -0.2) is 0 Å². The van der Waals surface area contributed by atoms with E-state index in [0.717, 1.165) is 24.2 Å². The second kappa shape index (κ2) is 6.39. The number of thioether (sulfide) groups is 1. The number of hydrogen-bond acceptors (Lipinski definition) is 4. The normalized spacial score (nSPS) is 17.8. The average molecular weight is 280 g/mol. The molecule has 0 spiro atoms. The molecule has 1 aliphatic carbocycles. The van der Waals surface area contributed by atoms with Crippen LogP contribution in [0, 0.1) is 5.92 Å². The molecule has 0 radical (unpaired) electrons. The highest BCUT2D eigenvalue weighted by Gasteiger charge is 2.41. The third-order valence-corrected chi connectivity index (χ3v) is 4.46. The summed E-state index contributed by atoms with van der Waals surface area (Å²) in [6.07, 6.45) is 5.75. The second-order valence-corrected chi connectivity index (χ2v) is 6.24. The lowest BCUT2D eigenvalue weighted by Crippen LogP contribution is -2.51. The molecule has 1 unspecified atom stereocenters. The van der Waals surface area contributed by atoms with Crippen molar-refractivity contribution in [3.8, 4) is 0 Å². The number of amides is 1. The van der Waals surface area contributed by atoms with Gasteiger partial charge in [0.25, 0.3) is 0 Å². The molecule has 2 N–H and O–H groups in total. The molecular formula is C14H20N2O2S. The zero-order valence-corrected chi connectivity index (χ0v) is 11.9. The summed E-state index contributed by atoms with van der Waals surface area (Å²) in [7, 11) is 0. The second-order valence-electron chi connectivity index (χ2n) is 5.25. The highest BCUT2D eigenvalue weighted by Crippen LogP contribution is 2.39. The fourth-order valence-corrected chi connectivity index (χ4v) is 2.86. The molecule has 0 bridgehead atoms. The van der Waals surface area contributed by atoms with Crippen molar-refractivity contribution in [2.24, 2.45) is 5.92 Å². The topological polar surface area (TPSA) is 62.2 Å². The summed E-state index contributed by atoms with van der Waals surface area (Å²) in [6.45, 7) is 1.94. The van der Waals surface area contributed by atoms with E-state index in [-0.39, 0.29) is 12.5 Å². The van der Waals surface area contributed by atoms with E-state index in [1.54, 1.807) is 18.0 Å². The minimum absolute atomic E-state index is 0.00246. The molecule has 2 rings (SSSR count). The fraction of sp³-hybridized carbons (Fsp3) is 0.571. The van der Waals surface area contributed by atoms with E-state index < -0.39 is 5.54 Å². The molecule has 1 aliphatic rings. The van der Waals surface area contributed by atoms with E-state index in [1.807, 2.05) is 25.3 Å². The third-order valence-electron chi connectivity index (χ3n) is 3.46. The maximum Gasteiger partial charge on any atom is 0.230 e. The molecule has 1 aromatic rings. The average Bonchev–Trinajstić information content (AvgIpc) is 3.24. The number of rotatable bonds is 7. The van der Waals surface area contributed by atoms with Crippen LogP contribution in [0.4, 0.5) is 0 Å². The fourth-order valence-electron chi connectivity index (χ4n) is 2.09. The highest BCUT2D eigenvalue weighted by atomic mass is 32.2. The Morgan fingerprint density at radius 1 is 1.63 bits per heavy atom. The number of pyridine rings is 1. The Balaban J connectivity index is 1.72. The van der Waals surface area contributed by atoms with Crippen molar-refractivity contribution in [1.82, 2.24) is 10.3 Å². The van der Waals surface area contributed by atoms with Crippen LogP contribution in [0.2, 0.25) is 0 Å². The van der Waals surface area contributed by atoms with Crippen molar-refractivity contribution >= 4 is 17.7 Å². The Kier molecular flexibility index (Phi) is 4.82. The van der Waals surface area contributed by atoms with Crippen molar-refractivity contribution in [3.63, 3.8) is 0 Å². The quantitative estimate of drug-likeness (QED) is 0.796. The predicted molar refractivity (Wildman–Crippen MR) is 76.8 cm³/mol. The Labute approximate surface area is 118 Å². The Morgan fingerprint density at radius 2 is 2.42 bits per heavy atom. The van der Waals surface area contributed by atoms with Gasteiger partial charge in [-0.05, 0) is 37.3 Å². The number of hydrogen-bond donors (Lipinski definition) is 2. The molecule has 19 heavy (non-hydrogen) atoms. The minimum atomic E-state index is -0.439. The zero-order valence-electron chi connectivity index (χ0n) is 11.1. The lowest BCUT2D eigenvalue weighted by atomic mass is 9.97. The standard InChI is InChI=1S/C14H20N2O2S/c1-14(10-17,12-4-5-12)16-13(18)9-19-8-11-3-2-6-15-7-11/h2-3,6-7,12,17H,4-5,8-10H2,1H3,(H,16,18). The van der Waals surface area contributed by atoms with E-state index in [4.69, 9.17) is 0 Å². The summed E-state index contributed by atoms with van der Waals surface area (Å²) in [5.74, 6) is 1.62. The lowest BCUT2D eigenvalue weighted by Gasteiger charge is -2.28. The molecule has 1 aromatic heterocycles. The molecule has 0 aromatic carbocycles. The molecule has 104 valence electrons. The van der Waals surface area contributed by atoms with Crippen LogP contribution in [0.3, 0.4) is 0 Å². The minimum Gasteiger partial charge on any atom is -0.394 e. The van der Waals surface area contributed by atoms with Crippen LogP contribution < -0.4 is 5.32 Å². The summed E-state index contributed by atoms with van der Waals surface area (Å²) >= 11 is 1.56. The Morgan fingerprint density at radius 3 is 3.00 bits per heavy atom. The van der Waals surface area contributed by atoms with Crippen LogP contribution in [-0.4, -0.2) is 33.9 Å². The number of aliphatic hydroxyl groups excluding tert-OH is 1. The monoisotopic (exact) mass is 280 g/mol. The number of nitrogens with one attached hydrogen (secondary N) is 1. The Hall–Kier alpha value is -1.07. The van der Waals surface area contributed by atoms with Gasteiger partial charge in [0.05, 0.1) is 17.9 Å². The molecule has 1 heterocycles. The summed E-state index contributed by atoms with van der Waals surface area (Å²) in [5.41, 5.74) is 0.679.